The third-order valence-corrected chi connectivity index (χ3v) is 6.97. The summed E-state index contributed by atoms with van der Waals surface area (Å²) < 4.78 is 6.23. The van der Waals surface area contributed by atoms with E-state index in [0.29, 0.717) is 19.5 Å². The van der Waals surface area contributed by atoms with Gasteiger partial charge in [0.25, 0.3) is 0 Å². The van der Waals surface area contributed by atoms with Gasteiger partial charge >= 0.3 is 0 Å². The largest absolute Gasteiger partial charge is 0.468 e. The molecule has 33 heavy (non-hydrogen) atoms. The predicted molar refractivity (Wildman–Crippen MR) is 126 cm³/mol. The first-order valence-electron chi connectivity index (χ1n) is 11.4. The van der Waals surface area contributed by atoms with E-state index >= 15 is 0 Å². The molecule has 0 saturated carbocycles. The lowest BCUT2D eigenvalue weighted by molar-refractivity contribution is -0.174. The molecule has 3 aromatic rings. The number of fused-ring (bicyclic) bond motifs is 4. The summed E-state index contributed by atoms with van der Waals surface area (Å²) in [5, 5.41) is 0. The van der Waals surface area contributed by atoms with Crippen LogP contribution in [-0.4, -0.2) is 34.4 Å². The van der Waals surface area contributed by atoms with Gasteiger partial charge in [-0.2, -0.15) is 0 Å². The Morgan fingerprint density at radius 2 is 1.48 bits per heavy atom. The summed E-state index contributed by atoms with van der Waals surface area (Å²) >= 11 is 0. The van der Waals surface area contributed by atoms with Crippen LogP contribution in [0.2, 0.25) is 0 Å². The van der Waals surface area contributed by atoms with Gasteiger partial charge in [0.05, 0.1) is 0 Å². The average Bonchev–Trinajstić information content (AvgIpc) is 2.83. The van der Waals surface area contributed by atoms with Gasteiger partial charge in [0, 0.05) is 32.5 Å². The highest BCUT2D eigenvalue weighted by Gasteiger charge is 2.55. The van der Waals surface area contributed by atoms with E-state index in [2.05, 4.69) is 0 Å². The van der Waals surface area contributed by atoms with E-state index in [1.165, 1.54) is 0 Å². The first-order chi connectivity index (χ1) is 16.0. The van der Waals surface area contributed by atoms with E-state index < -0.39 is 11.6 Å². The van der Waals surface area contributed by atoms with Crippen molar-refractivity contribution >= 4 is 11.8 Å². The van der Waals surface area contributed by atoms with Crippen molar-refractivity contribution in [3.05, 3.63) is 102 Å². The van der Waals surface area contributed by atoms with Crippen molar-refractivity contribution in [1.29, 1.82) is 0 Å². The molecule has 3 atom stereocenters. The maximum Gasteiger partial charge on any atom is 0.238 e. The Morgan fingerprint density at radius 1 is 0.939 bits per heavy atom. The summed E-state index contributed by atoms with van der Waals surface area (Å²) in [7, 11) is 1.74. The molecule has 168 valence electrons. The van der Waals surface area contributed by atoms with E-state index in [4.69, 9.17) is 4.74 Å². The number of hydrogen-bond donors (Lipinski definition) is 0. The molecule has 0 aromatic heterocycles. The van der Waals surface area contributed by atoms with Gasteiger partial charge in [-0.3, -0.25) is 9.59 Å². The highest BCUT2D eigenvalue weighted by molar-refractivity contribution is 6.02. The molecule has 0 N–H and O–H groups in total. The molecular weight excluding hydrogens is 412 g/mol. The molecule has 5 rings (SSSR count). The van der Waals surface area contributed by atoms with Crippen LogP contribution in [0.4, 0.5) is 0 Å². The lowest BCUT2D eigenvalue weighted by atomic mass is 9.73. The van der Waals surface area contributed by atoms with Gasteiger partial charge in [-0.1, -0.05) is 78.9 Å². The van der Waals surface area contributed by atoms with Gasteiger partial charge in [-0.15, -0.1) is 0 Å². The molecule has 3 unspecified atom stereocenters. The van der Waals surface area contributed by atoms with E-state index in [0.717, 1.165) is 22.4 Å². The molecular formula is C28H28N2O3. The topological polar surface area (TPSA) is 49.9 Å². The second kappa shape index (κ2) is 8.39. The van der Waals surface area contributed by atoms with E-state index in [9.17, 15) is 9.59 Å². The standard InChI is InChI=1S/C28H28N2O3/c1-28-17-23(22-15-9-10-16-24(22)33-28)25(26(31)29(28)2)27(32)30(18-20-11-5-3-6-12-20)19-21-13-7-4-8-14-21/h3-16,23,25H,17-19H2,1-2H3. The Bertz CT molecular complexity index is 1120. The number of likely N-dealkylation sites (tertiary alicyclic amines) is 1. The van der Waals surface area contributed by atoms with Gasteiger partial charge in [0.1, 0.15) is 11.7 Å². The molecule has 0 aliphatic carbocycles. The predicted octanol–water partition coefficient (Wildman–Crippen LogP) is 4.59. The van der Waals surface area contributed by atoms with Crippen molar-refractivity contribution < 1.29 is 14.3 Å². The van der Waals surface area contributed by atoms with Crippen molar-refractivity contribution in [3.63, 3.8) is 0 Å². The van der Waals surface area contributed by atoms with Crippen LogP contribution in [0.1, 0.15) is 36.0 Å². The zero-order valence-electron chi connectivity index (χ0n) is 19.0. The Balaban J connectivity index is 1.53. The molecule has 0 spiro atoms. The first kappa shape index (κ1) is 21.3. The summed E-state index contributed by atoms with van der Waals surface area (Å²) in [4.78, 5) is 31.2. The Kier molecular flexibility index (Phi) is 5.41. The van der Waals surface area contributed by atoms with E-state index in [-0.39, 0.29) is 17.7 Å². The molecule has 2 aliphatic rings. The number of para-hydroxylation sites is 1. The summed E-state index contributed by atoms with van der Waals surface area (Å²) in [6.07, 6.45) is 0.590. The molecule has 5 heteroatoms. The molecule has 2 bridgehead atoms. The van der Waals surface area contributed by atoms with Gasteiger partial charge in [-0.25, -0.2) is 0 Å². The number of piperidine rings is 1. The minimum Gasteiger partial charge on any atom is -0.468 e. The summed E-state index contributed by atoms with van der Waals surface area (Å²) in [6.45, 7) is 2.83. The molecule has 1 fully saturated rings. The number of rotatable bonds is 5. The summed E-state index contributed by atoms with van der Waals surface area (Å²) in [5.74, 6) is -0.556. The van der Waals surface area contributed by atoms with Crippen molar-refractivity contribution in [3.8, 4) is 5.75 Å². The molecule has 0 radical (unpaired) electrons. The number of amides is 2. The van der Waals surface area contributed by atoms with Crippen LogP contribution in [0.3, 0.4) is 0 Å². The summed E-state index contributed by atoms with van der Waals surface area (Å²) in [5.41, 5.74) is 2.26. The minimum absolute atomic E-state index is 0.136. The molecule has 1 saturated heterocycles. The van der Waals surface area contributed by atoms with E-state index in [1.54, 1.807) is 11.9 Å². The van der Waals surface area contributed by atoms with Crippen LogP contribution < -0.4 is 4.74 Å². The number of hydrogen-bond acceptors (Lipinski definition) is 3. The Hall–Kier alpha value is -3.60. The fourth-order valence-corrected chi connectivity index (χ4v) is 5.09. The van der Waals surface area contributed by atoms with Crippen molar-refractivity contribution in [1.82, 2.24) is 9.80 Å². The molecule has 2 aliphatic heterocycles. The summed E-state index contributed by atoms with van der Waals surface area (Å²) in [6, 6.07) is 27.7. The highest BCUT2D eigenvalue weighted by Crippen LogP contribution is 2.50. The Morgan fingerprint density at radius 3 is 2.09 bits per heavy atom. The second-order valence-electron chi connectivity index (χ2n) is 9.17. The zero-order valence-corrected chi connectivity index (χ0v) is 19.0. The highest BCUT2D eigenvalue weighted by atomic mass is 16.5. The Labute approximate surface area is 194 Å². The zero-order chi connectivity index (χ0) is 23.0. The SMILES string of the molecule is CN1C(=O)C(C(=O)N(Cc2ccccc2)Cc2ccccc2)C2CC1(C)Oc1ccccc12. The third-order valence-electron chi connectivity index (χ3n) is 6.97. The normalized spacial score (nSPS) is 23.5. The van der Waals surface area contributed by atoms with E-state index in [1.807, 2.05) is 96.8 Å². The fraction of sp³-hybridized carbons (Fsp3) is 0.286. The third kappa shape index (κ3) is 3.88. The van der Waals surface area contributed by atoms with Crippen LogP contribution in [0.25, 0.3) is 0 Å². The fourth-order valence-electron chi connectivity index (χ4n) is 5.09. The van der Waals surface area contributed by atoms with Gasteiger partial charge in [0.2, 0.25) is 11.8 Å². The van der Waals surface area contributed by atoms with Crippen molar-refractivity contribution in [2.75, 3.05) is 7.05 Å². The number of carbonyl (C=O) groups is 2. The number of benzene rings is 3. The maximum absolute atomic E-state index is 14.1. The molecule has 2 amide bonds. The van der Waals surface area contributed by atoms with Gasteiger partial charge < -0.3 is 14.5 Å². The van der Waals surface area contributed by atoms with Crippen molar-refractivity contribution in [2.45, 2.75) is 38.1 Å². The van der Waals surface area contributed by atoms with Crippen molar-refractivity contribution in [2.24, 2.45) is 5.92 Å². The van der Waals surface area contributed by atoms with Gasteiger partial charge in [0.15, 0.2) is 5.72 Å². The van der Waals surface area contributed by atoms with Crippen LogP contribution >= 0.6 is 0 Å². The molecule has 3 aromatic carbocycles. The monoisotopic (exact) mass is 440 g/mol. The number of carbonyl (C=O) groups excluding carboxylic acids is 2. The molecule has 2 heterocycles. The average molecular weight is 441 g/mol. The lowest BCUT2D eigenvalue weighted by Gasteiger charge is -2.52. The maximum atomic E-state index is 14.1. The first-order valence-corrected chi connectivity index (χ1v) is 11.4. The number of nitrogens with zero attached hydrogens (tertiary/aromatic N) is 2. The quantitative estimate of drug-likeness (QED) is 0.546. The van der Waals surface area contributed by atoms with Crippen LogP contribution in [0, 0.1) is 5.92 Å². The number of ether oxygens (including phenoxy) is 1. The van der Waals surface area contributed by atoms with Crippen LogP contribution in [0.5, 0.6) is 5.75 Å². The van der Waals surface area contributed by atoms with Crippen LogP contribution in [0.15, 0.2) is 84.9 Å². The lowest BCUT2D eigenvalue weighted by Crippen LogP contribution is -2.63. The van der Waals surface area contributed by atoms with Crippen LogP contribution in [-0.2, 0) is 22.7 Å². The van der Waals surface area contributed by atoms with Gasteiger partial charge in [-0.05, 0) is 29.7 Å². The second-order valence-corrected chi connectivity index (χ2v) is 9.17. The smallest absolute Gasteiger partial charge is 0.238 e. The molecule has 5 nitrogen and oxygen atoms in total. The minimum atomic E-state index is -0.777.